The molecule has 1 heteroatoms. The maximum absolute atomic E-state index is 6.11. The molecule has 0 nitrogen and oxygen atoms in total. The highest BCUT2D eigenvalue weighted by Gasteiger charge is 2.40. The summed E-state index contributed by atoms with van der Waals surface area (Å²) in [6.45, 7) is 2.26. The van der Waals surface area contributed by atoms with Crippen molar-refractivity contribution in [3.8, 4) is 0 Å². The Labute approximate surface area is 60.9 Å². The van der Waals surface area contributed by atoms with Crippen LogP contribution in [0.3, 0.4) is 0 Å². The van der Waals surface area contributed by atoms with Gasteiger partial charge in [-0.1, -0.05) is 19.1 Å². The zero-order valence-electron chi connectivity index (χ0n) is 5.55. The molecule has 0 aromatic rings. The van der Waals surface area contributed by atoms with Crippen LogP contribution >= 0.6 is 11.6 Å². The second-order valence-corrected chi connectivity index (χ2v) is 3.76. The van der Waals surface area contributed by atoms with Gasteiger partial charge in [-0.15, -0.1) is 11.6 Å². The van der Waals surface area contributed by atoms with Crippen molar-refractivity contribution in [3.63, 3.8) is 0 Å². The van der Waals surface area contributed by atoms with E-state index in [1.165, 1.54) is 6.42 Å². The van der Waals surface area contributed by atoms with Gasteiger partial charge in [0.1, 0.15) is 0 Å². The summed E-state index contributed by atoms with van der Waals surface area (Å²) in [5, 5.41) is 0.431. The second kappa shape index (κ2) is 1.76. The van der Waals surface area contributed by atoms with Gasteiger partial charge in [-0.2, -0.15) is 0 Å². The van der Waals surface area contributed by atoms with E-state index >= 15 is 0 Å². The fraction of sp³-hybridized carbons (Fsp3) is 0.750. The van der Waals surface area contributed by atoms with Gasteiger partial charge in [0, 0.05) is 5.38 Å². The van der Waals surface area contributed by atoms with Crippen LogP contribution < -0.4 is 0 Å². The molecule has 2 bridgehead atoms. The summed E-state index contributed by atoms with van der Waals surface area (Å²) in [7, 11) is 0. The molecule has 0 aromatic carbocycles. The van der Waals surface area contributed by atoms with Crippen molar-refractivity contribution in [1.82, 2.24) is 0 Å². The molecule has 50 valence electrons. The fourth-order valence-electron chi connectivity index (χ4n) is 2.01. The average Bonchev–Trinajstić information content (AvgIpc) is 2.37. The van der Waals surface area contributed by atoms with Crippen LogP contribution in [-0.4, -0.2) is 5.38 Å². The van der Waals surface area contributed by atoms with Crippen molar-refractivity contribution in [1.29, 1.82) is 0 Å². The lowest BCUT2D eigenvalue weighted by molar-refractivity contribution is 0.499. The number of hydrogen-bond donors (Lipinski definition) is 0. The standard InChI is InChI=1S/C8H11Cl/c1-5-6-2-3-7(4-6)8(5)9/h2-3,5-8H,4H2,1H3. The summed E-state index contributed by atoms with van der Waals surface area (Å²) < 4.78 is 0. The molecule has 0 aromatic heterocycles. The third-order valence-corrected chi connectivity index (χ3v) is 3.46. The number of rotatable bonds is 0. The summed E-state index contributed by atoms with van der Waals surface area (Å²) >= 11 is 6.11. The number of allylic oxidation sites excluding steroid dienone is 2. The SMILES string of the molecule is CC1C2C=CC(C2)C1Cl. The Morgan fingerprint density at radius 3 is 2.33 bits per heavy atom. The maximum Gasteiger partial charge on any atom is 0.0430 e. The van der Waals surface area contributed by atoms with E-state index in [-0.39, 0.29) is 0 Å². The quantitative estimate of drug-likeness (QED) is 0.360. The average molecular weight is 143 g/mol. The first-order valence-corrected chi connectivity index (χ1v) is 4.05. The van der Waals surface area contributed by atoms with Crippen LogP contribution in [0.5, 0.6) is 0 Å². The molecule has 2 aliphatic carbocycles. The van der Waals surface area contributed by atoms with Crippen LogP contribution in [0, 0.1) is 17.8 Å². The molecule has 2 rings (SSSR count). The first kappa shape index (κ1) is 5.79. The van der Waals surface area contributed by atoms with E-state index in [2.05, 4.69) is 19.1 Å². The normalized spacial score (nSPS) is 54.9. The van der Waals surface area contributed by atoms with Gasteiger partial charge in [-0.05, 0) is 24.2 Å². The van der Waals surface area contributed by atoms with Crippen molar-refractivity contribution in [2.75, 3.05) is 0 Å². The number of fused-ring (bicyclic) bond motifs is 2. The van der Waals surface area contributed by atoms with E-state index < -0.39 is 0 Å². The Kier molecular flexibility index (Phi) is 1.13. The molecule has 0 radical (unpaired) electrons. The summed E-state index contributed by atoms with van der Waals surface area (Å²) in [5.74, 6) is 2.23. The van der Waals surface area contributed by atoms with E-state index in [1.807, 2.05) is 0 Å². The lowest BCUT2D eigenvalue weighted by Gasteiger charge is -2.17. The van der Waals surface area contributed by atoms with E-state index in [4.69, 9.17) is 11.6 Å². The van der Waals surface area contributed by atoms with Crippen LogP contribution in [0.2, 0.25) is 0 Å². The summed E-state index contributed by atoms with van der Waals surface area (Å²) in [6, 6.07) is 0. The Morgan fingerprint density at radius 1 is 1.33 bits per heavy atom. The molecular weight excluding hydrogens is 132 g/mol. The minimum atomic E-state index is 0.431. The molecule has 1 saturated carbocycles. The monoisotopic (exact) mass is 142 g/mol. The van der Waals surface area contributed by atoms with Gasteiger partial charge in [-0.25, -0.2) is 0 Å². The first-order chi connectivity index (χ1) is 4.29. The molecule has 0 heterocycles. The highest BCUT2D eigenvalue weighted by atomic mass is 35.5. The van der Waals surface area contributed by atoms with Crippen molar-refractivity contribution < 1.29 is 0 Å². The van der Waals surface area contributed by atoms with Crippen LogP contribution in [0.25, 0.3) is 0 Å². The van der Waals surface area contributed by atoms with Crippen LogP contribution in [0.4, 0.5) is 0 Å². The third-order valence-electron chi connectivity index (χ3n) is 2.74. The van der Waals surface area contributed by atoms with E-state index in [1.54, 1.807) is 0 Å². The molecule has 9 heavy (non-hydrogen) atoms. The van der Waals surface area contributed by atoms with E-state index in [0.29, 0.717) is 11.3 Å². The smallest absolute Gasteiger partial charge is 0.0430 e. The maximum atomic E-state index is 6.11. The predicted molar refractivity (Wildman–Crippen MR) is 39.5 cm³/mol. The Hall–Kier alpha value is 0.0300. The summed E-state index contributed by atoms with van der Waals surface area (Å²) in [4.78, 5) is 0. The molecular formula is C8H11Cl. The lowest BCUT2D eigenvalue weighted by Crippen LogP contribution is -2.15. The van der Waals surface area contributed by atoms with Gasteiger partial charge in [0.15, 0.2) is 0 Å². The Bertz CT molecular complexity index is 135. The molecule has 0 aliphatic heterocycles. The zero-order chi connectivity index (χ0) is 6.43. The molecule has 0 amide bonds. The third kappa shape index (κ3) is 0.660. The first-order valence-electron chi connectivity index (χ1n) is 3.61. The zero-order valence-corrected chi connectivity index (χ0v) is 6.31. The van der Waals surface area contributed by atoms with Crippen molar-refractivity contribution in [3.05, 3.63) is 12.2 Å². The molecule has 0 spiro atoms. The minimum absolute atomic E-state index is 0.431. The minimum Gasteiger partial charge on any atom is -0.122 e. The highest BCUT2D eigenvalue weighted by molar-refractivity contribution is 6.21. The number of alkyl halides is 1. The van der Waals surface area contributed by atoms with Gasteiger partial charge in [0.25, 0.3) is 0 Å². The summed E-state index contributed by atoms with van der Waals surface area (Å²) in [5.41, 5.74) is 0. The second-order valence-electron chi connectivity index (χ2n) is 3.25. The van der Waals surface area contributed by atoms with Crippen LogP contribution in [0.15, 0.2) is 12.2 Å². The van der Waals surface area contributed by atoms with Gasteiger partial charge in [0.05, 0.1) is 0 Å². The number of hydrogen-bond acceptors (Lipinski definition) is 0. The van der Waals surface area contributed by atoms with Gasteiger partial charge in [-0.3, -0.25) is 0 Å². The lowest BCUT2D eigenvalue weighted by atomic mass is 9.95. The molecule has 4 atom stereocenters. The van der Waals surface area contributed by atoms with Gasteiger partial charge >= 0.3 is 0 Å². The van der Waals surface area contributed by atoms with E-state index in [0.717, 1.165) is 11.8 Å². The highest BCUT2D eigenvalue weighted by Crippen LogP contribution is 2.45. The van der Waals surface area contributed by atoms with Crippen molar-refractivity contribution in [2.24, 2.45) is 17.8 Å². The molecule has 4 unspecified atom stereocenters. The molecule has 1 fully saturated rings. The molecule has 0 N–H and O–H groups in total. The Morgan fingerprint density at radius 2 is 2.00 bits per heavy atom. The fourth-order valence-corrected chi connectivity index (χ4v) is 2.38. The van der Waals surface area contributed by atoms with Crippen LogP contribution in [-0.2, 0) is 0 Å². The van der Waals surface area contributed by atoms with Crippen molar-refractivity contribution >= 4 is 11.6 Å². The van der Waals surface area contributed by atoms with Gasteiger partial charge in [0.2, 0.25) is 0 Å². The number of halogens is 1. The van der Waals surface area contributed by atoms with E-state index in [9.17, 15) is 0 Å². The summed E-state index contributed by atoms with van der Waals surface area (Å²) in [6.07, 6.45) is 5.92. The van der Waals surface area contributed by atoms with Crippen LogP contribution in [0.1, 0.15) is 13.3 Å². The topological polar surface area (TPSA) is 0 Å². The van der Waals surface area contributed by atoms with Crippen molar-refractivity contribution in [2.45, 2.75) is 18.7 Å². The molecule has 2 aliphatic rings. The van der Waals surface area contributed by atoms with Gasteiger partial charge < -0.3 is 0 Å². The predicted octanol–water partition coefficient (Wildman–Crippen LogP) is 2.44. The molecule has 0 saturated heterocycles. The Balaban J connectivity index is 2.26. The largest absolute Gasteiger partial charge is 0.122 e.